The molecular weight excluding hydrogens is 200 g/mol. The van der Waals surface area contributed by atoms with Crippen LogP contribution in [0, 0.1) is 6.92 Å². The van der Waals surface area contributed by atoms with Crippen LogP contribution in [-0.4, -0.2) is 21.3 Å². The number of thiophene rings is 1. The lowest BCUT2D eigenvalue weighted by molar-refractivity contribution is 0.0690. The van der Waals surface area contributed by atoms with Gasteiger partial charge in [0.25, 0.3) is 0 Å². The van der Waals surface area contributed by atoms with Gasteiger partial charge in [-0.05, 0) is 19.1 Å². The van der Waals surface area contributed by atoms with E-state index in [0.717, 1.165) is 5.56 Å². The number of aromatic amines is 1. The third-order valence-electron chi connectivity index (χ3n) is 1.83. The van der Waals surface area contributed by atoms with Crippen LogP contribution in [0.2, 0.25) is 0 Å². The minimum absolute atomic E-state index is 0.115. The average Bonchev–Trinajstić information content (AvgIpc) is 2.70. The lowest BCUT2D eigenvalue weighted by Crippen LogP contribution is -1.95. The smallest absolute Gasteiger partial charge is 0.353 e. The van der Waals surface area contributed by atoms with Crippen molar-refractivity contribution in [1.29, 1.82) is 0 Å². The third-order valence-corrected chi connectivity index (χ3v) is 2.70. The first-order chi connectivity index (χ1) is 6.66. The van der Waals surface area contributed by atoms with E-state index in [1.54, 1.807) is 11.3 Å². The fourth-order valence-corrected chi connectivity index (χ4v) is 1.85. The molecule has 2 aromatic rings. The number of aromatic carboxylic acids is 1. The molecule has 0 amide bonds. The molecule has 0 fully saturated rings. The molecule has 2 heterocycles. The van der Waals surface area contributed by atoms with E-state index in [0.29, 0.717) is 5.69 Å². The van der Waals surface area contributed by atoms with Crippen molar-refractivity contribution in [3.8, 4) is 11.3 Å². The van der Waals surface area contributed by atoms with Gasteiger partial charge in [0.15, 0.2) is 0 Å². The van der Waals surface area contributed by atoms with Gasteiger partial charge in [-0.2, -0.15) is 5.10 Å². The number of aryl methyl sites for hydroxylation is 1. The Morgan fingerprint density at radius 2 is 2.36 bits per heavy atom. The van der Waals surface area contributed by atoms with Gasteiger partial charge in [-0.15, -0.1) is 11.3 Å². The highest BCUT2D eigenvalue weighted by atomic mass is 32.1. The van der Waals surface area contributed by atoms with E-state index in [4.69, 9.17) is 5.11 Å². The van der Waals surface area contributed by atoms with Crippen molar-refractivity contribution in [2.45, 2.75) is 6.92 Å². The van der Waals surface area contributed by atoms with Gasteiger partial charge in [-0.1, -0.05) is 0 Å². The Morgan fingerprint density at radius 3 is 2.86 bits per heavy atom. The second-order valence-corrected chi connectivity index (χ2v) is 4.03. The van der Waals surface area contributed by atoms with Crippen molar-refractivity contribution < 1.29 is 9.90 Å². The van der Waals surface area contributed by atoms with Crippen LogP contribution in [0.15, 0.2) is 17.5 Å². The minimum atomic E-state index is -0.990. The highest BCUT2D eigenvalue weighted by molar-refractivity contribution is 7.10. The molecule has 2 aromatic heterocycles. The molecule has 0 aromatic carbocycles. The van der Waals surface area contributed by atoms with E-state index in [1.165, 1.54) is 10.9 Å². The Hall–Kier alpha value is -1.62. The normalized spacial score (nSPS) is 10.4. The zero-order valence-corrected chi connectivity index (χ0v) is 8.26. The number of nitrogens with zero attached hydrogens (tertiary/aromatic N) is 1. The van der Waals surface area contributed by atoms with Gasteiger partial charge in [-0.25, -0.2) is 4.79 Å². The second kappa shape index (κ2) is 3.26. The number of hydrogen-bond acceptors (Lipinski definition) is 3. The van der Waals surface area contributed by atoms with Crippen LogP contribution >= 0.6 is 11.3 Å². The molecule has 72 valence electrons. The van der Waals surface area contributed by atoms with Gasteiger partial charge in [0.2, 0.25) is 0 Å². The predicted molar refractivity (Wildman–Crippen MR) is 53.6 cm³/mol. The summed E-state index contributed by atoms with van der Waals surface area (Å²) in [6.07, 6.45) is 0. The molecule has 2 rings (SSSR count). The zero-order valence-electron chi connectivity index (χ0n) is 7.44. The Bertz CT molecular complexity index is 473. The van der Waals surface area contributed by atoms with Crippen molar-refractivity contribution in [2.75, 3.05) is 0 Å². The summed E-state index contributed by atoms with van der Waals surface area (Å²) in [5.41, 5.74) is 1.74. The number of carbonyl (C=O) groups is 1. The molecule has 0 spiro atoms. The lowest BCUT2D eigenvalue weighted by Gasteiger charge is -1.85. The number of nitrogens with one attached hydrogen (secondary N) is 1. The number of H-pyrrole nitrogens is 1. The van der Waals surface area contributed by atoms with Crippen molar-refractivity contribution in [3.63, 3.8) is 0 Å². The highest BCUT2D eigenvalue weighted by Crippen LogP contribution is 2.23. The van der Waals surface area contributed by atoms with Crippen LogP contribution in [0.3, 0.4) is 0 Å². The van der Waals surface area contributed by atoms with E-state index in [-0.39, 0.29) is 5.69 Å². The first-order valence-corrected chi connectivity index (χ1v) is 4.89. The van der Waals surface area contributed by atoms with Crippen molar-refractivity contribution in [1.82, 2.24) is 10.2 Å². The minimum Gasteiger partial charge on any atom is -0.477 e. The standard InChI is InChI=1S/C9H8N2O2S/c1-5-2-6(4-14-5)7-3-8(9(12)13)11-10-7/h2-4H,1H3,(H,10,11)(H,12,13). The fourth-order valence-electron chi connectivity index (χ4n) is 1.16. The zero-order chi connectivity index (χ0) is 10.1. The predicted octanol–water partition coefficient (Wildman–Crippen LogP) is 2.14. The van der Waals surface area contributed by atoms with E-state index in [1.807, 2.05) is 18.4 Å². The van der Waals surface area contributed by atoms with Gasteiger partial charge in [-0.3, -0.25) is 5.10 Å². The quantitative estimate of drug-likeness (QED) is 0.794. The summed E-state index contributed by atoms with van der Waals surface area (Å²) in [4.78, 5) is 11.8. The summed E-state index contributed by atoms with van der Waals surface area (Å²) in [6, 6.07) is 3.51. The van der Waals surface area contributed by atoms with Crippen molar-refractivity contribution >= 4 is 17.3 Å². The fraction of sp³-hybridized carbons (Fsp3) is 0.111. The molecule has 0 aliphatic heterocycles. The number of rotatable bonds is 2. The Morgan fingerprint density at radius 1 is 1.57 bits per heavy atom. The van der Waals surface area contributed by atoms with Gasteiger partial charge < -0.3 is 5.11 Å². The first-order valence-electron chi connectivity index (χ1n) is 4.01. The van der Waals surface area contributed by atoms with Gasteiger partial charge in [0, 0.05) is 15.8 Å². The summed E-state index contributed by atoms with van der Waals surface area (Å²) in [5.74, 6) is -0.990. The maximum atomic E-state index is 10.6. The Labute approximate surface area is 84.2 Å². The van der Waals surface area contributed by atoms with Crippen LogP contribution in [-0.2, 0) is 0 Å². The maximum absolute atomic E-state index is 10.6. The summed E-state index contributed by atoms with van der Waals surface area (Å²) >= 11 is 1.62. The lowest BCUT2D eigenvalue weighted by atomic mass is 10.2. The molecule has 0 bridgehead atoms. The molecule has 4 nitrogen and oxygen atoms in total. The molecule has 0 saturated heterocycles. The van der Waals surface area contributed by atoms with Crippen LogP contribution in [0.1, 0.15) is 15.4 Å². The summed E-state index contributed by atoms with van der Waals surface area (Å²) < 4.78 is 0. The molecule has 2 N–H and O–H groups in total. The van der Waals surface area contributed by atoms with Crippen LogP contribution in [0.4, 0.5) is 0 Å². The Balaban J connectivity index is 2.38. The van der Waals surface area contributed by atoms with Crippen LogP contribution in [0.5, 0.6) is 0 Å². The molecule has 0 radical (unpaired) electrons. The van der Waals surface area contributed by atoms with E-state index >= 15 is 0 Å². The molecule has 0 saturated carbocycles. The van der Waals surface area contributed by atoms with Crippen LogP contribution in [0.25, 0.3) is 11.3 Å². The van der Waals surface area contributed by atoms with Gasteiger partial charge >= 0.3 is 5.97 Å². The number of aromatic nitrogens is 2. The SMILES string of the molecule is Cc1cc(-c2cc(C(=O)O)[nH]n2)cs1. The maximum Gasteiger partial charge on any atom is 0.353 e. The number of carboxylic acid groups (broad SMARTS) is 1. The first kappa shape index (κ1) is 8.96. The monoisotopic (exact) mass is 208 g/mol. The summed E-state index contributed by atoms with van der Waals surface area (Å²) in [7, 11) is 0. The molecular formula is C9H8N2O2S. The van der Waals surface area contributed by atoms with Crippen molar-refractivity contribution in [3.05, 3.63) is 28.1 Å². The average molecular weight is 208 g/mol. The number of carboxylic acids is 1. The molecule has 5 heteroatoms. The molecule has 0 unspecified atom stereocenters. The largest absolute Gasteiger partial charge is 0.477 e. The van der Waals surface area contributed by atoms with Crippen molar-refractivity contribution in [2.24, 2.45) is 0 Å². The van der Waals surface area contributed by atoms with Crippen LogP contribution < -0.4 is 0 Å². The summed E-state index contributed by atoms with van der Waals surface area (Å²) in [5, 5.41) is 17.0. The molecule has 0 atom stereocenters. The van der Waals surface area contributed by atoms with E-state index in [2.05, 4.69) is 10.2 Å². The third kappa shape index (κ3) is 1.54. The Kier molecular flexibility index (Phi) is 2.09. The van der Waals surface area contributed by atoms with E-state index in [9.17, 15) is 4.79 Å². The second-order valence-electron chi connectivity index (χ2n) is 2.92. The van der Waals surface area contributed by atoms with Gasteiger partial charge in [0.1, 0.15) is 5.69 Å². The van der Waals surface area contributed by atoms with E-state index < -0.39 is 5.97 Å². The molecule has 0 aliphatic rings. The molecule has 14 heavy (non-hydrogen) atoms. The number of hydrogen-bond donors (Lipinski definition) is 2. The molecule has 0 aliphatic carbocycles. The highest BCUT2D eigenvalue weighted by Gasteiger charge is 2.09. The topological polar surface area (TPSA) is 66.0 Å². The van der Waals surface area contributed by atoms with Gasteiger partial charge in [0.05, 0.1) is 5.69 Å². The summed E-state index contributed by atoms with van der Waals surface area (Å²) in [6.45, 7) is 2.00.